The van der Waals surface area contributed by atoms with E-state index in [9.17, 15) is 19.7 Å². The highest BCUT2D eigenvalue weighted by Gasteiger charge is 2.23. The lowest BCUT2D eigenvalue weighted by Gasteiger charge is -2.26. The molecule has 1 aliphatic heterocycles. The van der Waals surface area contributed by atoms with Crippen LogP contribution in [0.4, 0.5) is 5.69 Å². The van der Waals surface area contributed by atoms with Crippen molar-refractivity contribution in [1.82, 2.24) is 4.90 Å². The molecule has 0 bridgehead atoms. The van der Waals surface area contributed by atoms with Crippen molar-refractivity contribution < 1.29 is 24.4 Å². The zero-order valence-corrected chi connectivity index (χ0v) is 12.4. The number of hydrogen-bond donors (Lipinski definition) is 1. The predicted octanol–water partition coefficient (Wildman–Crippen LogP) is 1.24. The molecule has 1 amide bonds. The molecule has 1 heterocycles. The highest BCUT2D eigenvalue weighted by Crippen LogP contribution is 2.30. The molecule has 8 nitrogen and oxygen atoms in total. The third-order valence-corrected chi connectivity index (χ3v) is 4.10. The number of carbonyl (C=O) groups is 2. The molecule has 1 aromatic rings. The quantitative estimate of drug-likeness (QED) is 0.492. The van der Waals surface area contributed by atoms with Crippen LogP contribution in [0, 0.1) is 10.1 Å². The summed E-state index contributed by atoms with van der Waals surface area (Å²) in [5, 5.41) is 19.8. The van der Waals surface area contributed by atoms with Crippen molar-refractivity contribution in [3.05, 3.63) is 33.9 Å². The van der Waals surface area contributed by atoms with Crippen LogP contribution < -0.4 is 0 Å². The lowest BCUT2D eigenvalue weighted by atomic mass is 10.1. The maximum atomic E-state index is 12.3. The molecule has 1 aliphatic rings. The lowest BCUT2D eigenvalue weighted by Crippen LogP contribution is -2.40. The number of carboxylic acid groups (broad SMARTS) is 1. The number of ether oxygens (including phenoxy) is 1. The predicted molar refractivity (Wildman–Crippen MR) is 78.2 cm³/mol. The van der Waals surface area contributed by atoms with Crippen LogP contribution >= 0.6 is 11.8 Å². The van der Waals surface area contributed by atoms with Crippen molar-refractivity contribution >= 4 is 29.3 Å². The van der Waals surface area contributed by atoms with Gasteiger partial charge in [0.15, 0.2) is 0 Å². The van der Waals surface area contributed by atoms with Crippen molar-refractivity contribution in [2.75, 3.05) is 32.1 Å². The molecule has 0 radical (unpaired) electrons. The van der Waals surface area contributed by atoms with Crippen LogP contribution in [-0.4, -0.2) is 58.9 Å². The van der Waals surface area contributed by atoms with Crippen LogP contribution in [0.2, 0.25) is 0 Å². The smallest absolute Gasteiger partial charge is 0.313 e. The molecule has 2 rings (SSSR count). The number of nitro groups is 1. The Balaban J connectivity index is 2.22. The van der Waals surface area contributed by atoms with E-state index in [4.69, 9.17) is 9.84 Å². The SMILES string of the molecule is O=C(O)CSc1ccc(C(=O)N2CCOCC2)cc1[N+](=O)[O-]. The van der Waals surface area contributed by atoms with E-state index < -0.39 is 10.9 Å². The Morgan fingerprint density at radius 1 is 1.36 bits per heavy atom. The van der Waals surface area contributed by atoms with Gasteiger partial charge in [0.05, 0.1) is 28.8 Å². The number of nitro benzene ring substituents is 1. The summed E-state index contributed by atoms with van der Waals surface area (Å²) in [6, 6.07) is 4.09. The molecule has 0 spiro atoms. The van der Waals surface area contributed by atoms with Gasteiger partial charge in [0.25, 0.3) is 11.6 Å². The minimum Gasteiger partial charge on any atom is -0.481 e. The van der Waals surface area contributed by atoms with E-state index in [1.165, 1.54) is 18.2 Å². The fraction of sp³-hybridized carbons (Fsp3) is 0.385. The van der Waals surface area contributed by atoms with E-state index in [2.05, 4.69) is 0 Å². The molecule has 118 valence electrons. The first-order valence-corrected chi connectivity index (χ1v) is 7.47. The highest BCUT2D eigenvalue weighted by atomic mass is 32.2. The van der Waals surface area contributed by atoms with E-state index in [-0.39, 0.29) is 27.8 Å². The number of benzene rings is 1. The van der Waals surface area contributed by atoms with Gasteiger partial charge in [-0.3, -0.25) is 19.7 Å². The van der Waals surface area contributed by atoms with E-state index in [1.807, 2.05) is 0 Å². The fourth-order valence-electron chi connectivity index (χ4n) is 2.00. The minimum atomic E-state index is -1.06. The number of rotatable bonds is 5. The van der Waals surface area contributed by atoms with Crippen molar-refractivity contribution in [3.8, 4) is 0 Å². The molecule has 1 saturated heterocycles. The maximum absolute atomic E-state index is 12.3. The zero-order valence-electron chi connectivity index (χ0n) is 11.6. The number of hydrogen-bond acceptors (Lipinski definition) is 6. The van der Waals surface area contributed by atoms with Gasteiger partial charge in [0.1, 0.15) is 0 Å². The molecule has 1 aromatic carbocycles. The number of carbonyl (C=O) groups excluding carboxylic acids is 1. The highest BCUT2D eigenvalue weighted by molar-refractivity contribution is 8.00. The third-order valence-electron chi connectivity index (χ3n) is 3.05. The number of morpholine rings is 1. The minimum absolute atomic E-state index is 0.216. The summed E-state index contributed by atoms with van der Waals surface area (Å²) in [6.07, 6.45) is 0. The third kappa shape index (κ3) is 3.95. The number of carboxylic acids is 1. The van der Waals surface area contributed by atoms with Gasteiger partial charge in [-0.15, -0.1) is 11.8 Å². The monoisotopic (exact) mass is 326 g/mol. The molecule has 0 saturated carbocycles. The summed E-state index contributed by atoms with van der Waals surface area (Å²) in [4.78, 5) is 35.2. The van der Waals surface area contributed by atoms with Gasteiger partial charge in [0.2, 0.25) is 0 Å². The second kappa shape index (κ2) is 7.23. The number of nitrogens with zero attached hydrogens (tertiary/aromatic N) is 2. The van der Waals surface area contributed by atoms with Crippen LogP contribution in [0.3, 0.4) is 0 Å². The Morgan fingerprint density at radius 3 is 2.64 bits per heavy atom. The summed E-state index contributed by atoms with van der Waals surface area (Å²) < 4.78 is 5.16. The molecular formula is C13H14N2O6S. The van der Waals surface area contributed by atoms with Crippen LogP contribution in [-0.2, 0) is 9.53 Å². The molecule has 22 heavy (non-hydrogen) atoms. The van der Waals surface area contributed by atoms with Gasteiger partial charge in [-0.25, -0.2) is 0 Å². The first kappa shape index (κ1) is 16.2. The maximum Gasteiger partial charge on any atom is 0.313 e. The first-order valence-electron chi connectivity index (χ1n) is 6.49. The topological polar surface area (TPSA) is 110 Å². The standard InChI is InChI=1S/C13H14N2O6S/c16-12(17)8-22-11-2-1-9(7-10(11)15(19)20)13(18)14-3-5-21-6-4-14/h1-2,7H,3-6,8H2,(H,16,17). The molecule has 0 atom stereocenters. The average molecular weight is 326 g/mol. The Kier molecular flexibility index (Phi) is 5.34. The van der Waals surface area contributed by atoms with Crippen molar-refractivity contribution in [1.29, 1.82) is 0 Å². The number of aliphatic carboxylic acids is 1. The van der Waals surface area contributed by atoms with Crippen molar-refractivity contribution in [2.24, 2.45) is 0 Å². The van der Waals surface area contributed by atoms with E-state index >= 15 is 0 Å². The van der Waals surface area contributed by atoms with E-state index in [1.54, 1.807) is 4.90 Å². The Morgan fingerprint density at radius 2 is 2.05 bits per heavy atom. The summed E-state index contributed by atoms with van der Waals surface area (Å²) in [5.41, 5.74) is -0.0429. The molecule has 9 heteroatoms. The van der Waals surface area contributed by atoms with Crippen molar-refractivity contribution in [3.63, 3.8) is 0 Å². The van der Waals surface area contributed by atoms with Gasteiger partial charge in [-0.05, 0) is 12.1 Å². The first-order chi connectivity index (χ1) is 10.5. The molecule has 0 aliphatic carbocycles. The second-order valence-electron chi connectivity index (χ2n) is 4.53. The Bertz CT molecular complexity index is 600. The molecule has 1 N–H and O–H groups in total. The lowest BCUT2D eigenvalue weighted by molar-refractivity contribution is -0.387. The largest absolute Gasteiger partial charge is 0.481 e. The zero-order chi connectivity index (χ0) is 16.1. The van der Waals surface area contributed by atoms with Crippen LogP contribution in [0.1, 0.15) is 10.4 Å². The van der Waals surface area contributed by atoms with E-state index in [0.717, 1.165) is 11.8 Å². The number of thioether (sulfide) groups is 1. The summed E-state index contributed by atoms with van der Waals surface area (Å²) in [7, 11) is 0. The Hall–Kier alpha value is -2.13. The summed E-state index contributed by atoms with van der Waals surface area (Å²) in [5.74, 6) is -1.63. The van der Waals surface area contributed by atoms with Gasteiger partial charge >= 0.3 is 5.97 Å². The summed E-state index contributed by atoms with van der Waals surface area (Å²) >= 11 is 0.853. The van der Waals surface area contributed by atoms with Crippen LogP contribution in [0.5, 0.6) is 0 Å². The van der Waals surface area contributed by atoms with Gasteiger partial charge < -0.3 is 14.7 Å². The van der Waals surface area contributed by atoms with Gasteiger partial charge in [-0.2, -0.15) is 0 Å². The molecular weight excluding hydrogens is 312 g/mol. The van der Waals surface area contributed by atoms with Crippen LogP contribution in [0.25, 0.3) is 0 Å². The van der Waals surface area contributed by atoms with Crippen molar-refractivity contribution in [2.45, 2.75) is 4.90 Å². The molecule has 0 unspecified atom stereocenters. The van der Waals surface area contributed by atoms with Gasteiger partial charge in [-0.1, -0.05) is 0 Å². The fourth-order valence-corrected chi connectivity index (χ4v) is 2.73. The average Bonchev–Trinajstić information content (AvgIpc) is 2.52. The summed E-state index contributed by atoms with van der Waals surface area (Å²) in [6.45, 7) is 1.78. The molecule has 0 aromatic heterocycles. The second-order valence-corrected chi connectivity index (χ2v) is 5.54. The Labute approximate surface area is 130 Å². The van der Waals surface area contributed by atoms with Gasteiger partial charge in [0, 0.05) is 24.7 Å². The molecule has 1 fully saturated rings. The van der Waals surface area contributed by atoms with Crippen LogP contribution in [0.15, 0.2) is 23.1 Å². The number of amides is 1. The normalized spacial score (nSPS) is 14.6. The van der Waals surface area contributed by atoms with E-state index in [0.29, 0.717) is 26.3 Å².